The number of furan rings is 1. The summed E-state index contributed by atoms with van der Waals surface area (Å²) in [6, 6.07) is 13.8. The molecule has 0 aliphatic rings. The van der Waals surface area contributed by atoms with E-state index in [-0.39, 0.29) is 11.6 Å². The summed E-state index contributed by atoms with van der Waals surface area (Å²) in [4.78, 5) is 24.1. The minimum Gasteiger partial charge on any atom is -0.481 e. The summed E-state index contributed by atoms with van der Waals surface area (Å²) in [6.45, 7) is 1.48. The number of nitrogens with one attached hydrogen (secondary N) is 2. The second-order valence-electron chi connectivity index (χ2n) is 5.83. The number of hydrazine groups is 1. The summed E-state index contributed by atoms with van der Waals surface area (Å²) >= 11 is 0. The van der Waals surface area contributed by atoms with Crippen molar-refractivity contribution in [1.82, 2.24) is 10.9 Å². The normalized spacial score (nSPS) is 11.5. The van der Waals surface area contributed by atoms with Gasteiger partial charge < -0.3 is 9.15 Å². The average molecular weight is 386 g/mol. The standard InChI is InChI=1S/C20H16F2N2O4/c1-12(27-16-8-6-15(22)7-9-16)19(25)23-24-20(26)18-11-10-17(28-18)13-2-4-14(21)5-3-13/h2-12H,1H3,(H,23,25)(H,24,26). The summed E-state index contributed by atoms with van der Waals surface area (Å²) in [5.41, 5.74) is 5.04. The van der Waals surface area contributed by atoms with E-state index in [4.69, 9.17) is 9.15 Å². The van der Waals surface area contributed by atoms with Gasteiger partial charge in [-0.3, -0.25) is 20.4 Å². The highest BCUT2D eigenvalue weighted by molar-refractivity contribution is 5.94. The van der Waals surface area contributed by atoms with Crippen molar-refractivity contribution in [2.75, 3.05) is 0 Å². The van der Waals surface area contributed by atoms with Crippen molar-refractivity contribution in [3.63, 3.8) is 0 Å². The van der Waals surface area contributed by atoms with E-state index in [1.165, 1.54) is 61.5 Å². The molecular weight excluding hydrogens is 370 g/mol. The molecule has 28 heavy (non-hydrogen) atoms. The predicted octanol–water partition coefficient (Wildman–Crippen LogP) is 3.45. The molecule has 1 atom stereocenters. The smallest absolute Gasteiger partial charge is 0.305 e. The van der Waals surface area contributed by atoms with Gasteiger partial charge in [0.05, 0.1) is 0 Å². The molecule has 0 fully saturated rings. The van der Waals surface area contributed by atoms with Crippen molar-refractivity contribution in [2.45, 2.75) is 13.0 Å². The molecule has 0 bridgehead atoms. The molecule has 6 nitrogen and oxygen atoms in total. The van der Waals surface area contributed by atoms with E-state index in [1.807, 2.05) is 0 Å². The van der Waals surface area contributed by atoms with Gasteiger partial charge >= 0.3 is 5.91 Å². The molecule has 0 saturated carbocycles. The van der Waals surface area contributed by atoms with Crippen LogP contribution in [0.4, 0.5) is 8.78 Å². The van der Waals surface area contributed by atoms with E-state index in [1.54, 1.807) is 6.07 Å². The van der Waals surface area contributed by atoms with Crippen molar-refractivity contribution in [2.24, 2.45) is 0 Å². The Bertz CT molecular complexity index is 969. The summed E-state index contributed by atoms with van der Waals surface area (Å²) in [5, 5.41) is 0. The Hall–Kier alpha value is -3.68. The third kappa shape index (κ3) is 4.73. The number of amides is 2. The van der Waals surface area contributed by atoms with Crippen LogP contribution >= 0.6 is 0 Å². The van der Waals surface area contributed by atoms with Gasteiger partial charge in [-0.2, -0.15) is 0 Å². The lowest BCUT2D eigenvalue weighted by molar-refractivity contribution is -0.128. The predicted molar refractivity (Wildman–Crippen MR) is 96.2 cm³/mol. The van der Waals surface area contributed by atoms with E-state index in [0.29, 0.717) is 17.1 Å². The molecule has 2 N–H and O–H groups in total. The molecule has 3 aromatic rings. The highest BCUT2D eigenvalue weighted by Gasteiger charge is 2.17. The molecule has 0 saturated heterocycles. The first-order valence-corrected chi connectivity index (χ1v) is 8.30. The van der Waals surface area contributed by atoms with E-state index in [9.17, 15) is 18.4 Å². The van der Waals surface area contributed by atoms with Crippen molar-refractivity contribution in [3.05, 3.63) is 78.1 Å². The Morgan fingerprint density at radius 2 is 1.50 bits per heavy atom. The molecular formula is C20H16F2N2O4. The molecule has 2 amide bonds. The van der Waals surface area contributed by atoms with Gasteiger partial charge in [-0.15, -0.1) is 0 Å². The largest absolute Gasteiger partial charge is 0.481 e. The van der Waals surface area contributed by atoms with Crippen LogP contribution in [0.3, 0.4) is 0 Å². The number of hydrogen-bond acceptors (Lipinski definition) is 4. The zero-order valence-corrected chi connectivity index (χ0v) is 14.7. The van der Waals surface area contributed by atoms with Gasteiger partial charge in [0.1, 0.15) is 23.1 Å². The summed E-state index contributed by atoms with van der Waals surface area (Å²) in [7, 11) is 0. The Labute approximate surface area is 159 Å². The lowest BCUT2D eigenvalue weighted by Gasteiger charge is -2.14. The zero-order valence-electron chi connectivity index (χ0n) is 14.7. The highest BCUT2D eigenvalue weighted by Crippen LogP contribution is 2.22. The van der Waals surface area contributed by atoms with E-state index in [0.717, 1.165) is 0 Å². The summed E-state index contributed by atoms with van der Waals surface area (Å²) in [5.74, 6) is -1.43. The Balaban J connectivity index is 1.54. The van der Waals surface area contributed by atoms with Crippen LogP contribution in [0, 0.1) is 11.6 Å². The van der Waals surface area contributed by atoms with Crippen molar-refractivity contribution < 1.29 is 27.5 Å². The highest BCUT2D eigenvalue weighted by atomic mass is 19.1. The van der Waals surface area contributed by atoms with Crippen LogP contribution in [0.1, 0.15) is 17.5 Å². The van der Waals surface area contributed by atoms with Gasteiger partial charge in [0.25, 0.3) is 5.91 Å². The van der Waals surface area contributed by atoms with Crippen LogP contribution < -0.4 is 15.6 Å². The number of rotatable bonds is 5. The van der Waals surface area contributed by atoms with Crippen molar-refractivity contribution in [3.8, 4) is 17.1 Å². The van der Waals surface area contributed by atoms with Gasteiger partial charge in [0, 0.05) is 5.56 Å². The van der Waals surface area contributed by atoms with Crippen LogP contribution in [0.15, 0.2) is 65.1 Å². The number of hydrogen-bond donors (Lipinski definition) is 2. The summed E-state index contributed by atoms with van der Waals surface area (Å²) in [6.07, 6.45) is -0.933. The molecule has 2 aromatic carbocycles. The van der Waals surface area contributed by atoms with Crippen LogP contribution in [0.25, 0.3) is 11.3 Å². The fourth-order valence-electron chi connectivity index (χ4n) is 2.28. The fraction of sp³-hybridized carbons (Fsp3) is 0.100. The molecule has 1 aromatic heterocycles. The second-order valence-corrected chi connectivity index (χ2v) is 5.83. The maximum absolute atomic E-state index is 13.0. The maximum atomic E-state index is 13.0. The molecule has 0 spiro atoms. The van der Waals surface area contributed by atoms with Gasteiger partial charge in [0.2, 0.25) is 0 Å². The number of halogens is 2. The first-order chi connectivity index (χ1) is 13.4. The molecule has 144 valence electrons. The lowest BCUT2D eigenvalue weighted by atomic mass is 10.2. The van der Waals surface area contributed by atoms with Gasteiger partial charge in [0.15, 0.2) is 11.9 Å². The Morgan fingerprint density at radius 1 is 0.893 bits per heavy atom. The van der Waals surface area contributed by atoms with Gasteiger partial charge in [-0.25, -0.2) is 8.78 Å². The molecule has 8 heteroatoms. The first kappa shape index (κ1) is 19.1. The van der Waals surface area contributed by atoms with Crippen molar-refractivity contribution in [1.29, 1.82) is 0 Å². The maximum Gasteiger partial charge on any atom is 0.305 e. The van der Waals surface area contributed by atoms with E-state index in [2.05, 4.69) is 10.9 Å². The quantitative estimate of drug-likeness (QED) is 0.658. The number of benzene rings is 2. The molecule has 1 unspecified atom stereocenters. The Kier molecular flexibility index (Phi) is 5.69. The third-order valence-corrected chi connectivity index (χ3v) is 3.75. The number of ether oxygens (including phenoxy) is 1. The minimum atomic E-state index is -0.933. The molecule has 0 aliphatic carbocycles. The SMILES string of the molecule is CC(Oc1ccc(F)cc1)C(=O)NNC(=O)c1ccc(-c2ccc(F)cc2)o1. The van der Waals surface area contributed by atoms with Crippen LogP contribution in [0.2, 0.25) is 0 Å². The van der Waals surface area contributed by atoms with E-state index >= 15 is 0 Å². The van der Waals surface area contributed by atoms with Gasteiger partial charge in [-0.1, -0.05) is 0 Å². The topological polar surface area (TPSA) is 80.6 Å². The Morgan fingerprint density at radius 3 is 2.14 bits per heavy atom. The number of carbonyl (C=O) groups excluding carboxylic acids is 2. The monoisotopic (exact) mass is 386 g/mol. The number of carbonyl (C=O) groups is 2. The lowest BCUT2D eigenvalue weighted by Crippen LogP contribution is -2.47. The zero-order chi connectivity index (χ0) is 20.1. The molecule has 0 radical (unpaired) electrons. The van der Waals surface area contributed by atoms with Crippen LogP contribution in [-0.2, 0) is 4.79 Å². The molecule has 1 heterocycles. The first-order valence-electron chi connectivity index (χ1n) is 8.30. The second kappa shape index (κ2) is 8.34. The fourth-order valence-corrected chi connectivity index (χ4v) is 2.28. The molecule has 0 aliphatic heterocycles. The van der Waals surface area contributed by atoms with Crippen molar-refractivity contribution >= 4 is 11.8 Å². The average Bonchev–Trinajstić information content (AvgIpc) is 3.18. The summed E-state index contributed by atoms with van der Waals surface area (Å²) < 4.78 is 36.6. The van der Waals surface area contributed by atoms with Crippen LogP contribution in [-0.4, -0.2) is 17.9 Å². The van der Waals surface area contributed by atoms with E-state index < -0.39 is 23.7 Å². The third-order valence-electron chi connectivity index (χ3n) is 3.75. The molecule has 3 rings (SSSR count). The van der Waals surface area contributed by atoms with Gasteiger partial charge in [-0.05, 0) is 67.6 Å². The minimum absolute atomic E-state index is 0.0354. The van der Waals surface area contributed by atoms with Crippen LogP contribution in [0.5, 0.6) is 5.75 Å².